The van der Waals surface area contributed by atoms with Gasteiger partial charge in [0.15, 0.2) is 0 Å². The fraction of sp³-hybridized carbons (Fsp3) is 0.455. The number of nitrogens with one attached hydrogen (secondary N) is 1. The summed E-state index contributed by atoms with van der Waals surface area (Å²) in [6, 6.07) is 5.63. The standard InChI is InChI=1S/C11H17NO3/c1-12-11(15-4)9-6-5-8(13-2)7-10(9)14-3/h5-7,11-12H,1-4H3. The van der Waals surface area contributed by atoms with Crippen molar-refractivity contribution < 1.29 is 14.2 Å². The van der Waals surface area contributed by atoms with Crippen LogP contribution in [0.2, 0.25) is 0 Å². The minimum Gasteiger partial charge on any atom is -0.497 e. The molecule has 4 heteroatoms. The van der Waals surface area contributed by atoms with E-state index in [2.05, 4.69) is 5.32 Å². The lowest BCUT2D eigenvalue weighted by Crippen LogP contribution is -2.18. The molecular formula is C11H17NO3. The van der Waals surface area contributed by atoms with Crippen molar-refractivity contribution in [1.82, 2.24) is 5.32 Å². The van der Waals surface area contributed by atoms with Gasteiger partial charge in [-0.25, -0.2) is 0 Å². The normalized spacial score (nSPS) is 12.3. The fourth-order valence-corrected chi connectivity index (χ4v) is 1.44. The van der Waals surface area contributed by atoms with Crippen LogP contribution in [0, 0.1) is 0 Å². The summed E-state index contributed by atoms with van der Waals surface area (Å²) in [7, 11) is 6.73. The van der Waals surface area contributed by atoms with Crippen molar-refractivity contribution >= 4 is 0 Å². The van der Waals surface area contributed by atoms with E-state index in [0.717, 1.165) is 17.1 Å². The van der Waals surface area contributed by atoms with Crippen LogP contribution in [0.15, 0.2) is 18.2 Å². The van der Waals surface area contributed by atoms with Crippen molar-refractivity contribution in [2.45, 2.75) is 6.23 Å². The van der Waals surface area contributed by atoms with Gasteiger partial charge in [-0.15, -0.1) is 0 Å². The lowest BCUT2D eigenvalue weighted by Gasteiger charge is -2.18. The molecular weight excluding hydrogens is 194 g/mol. The van der Waals surface area contributed by atoms with Gasteiger partial charge in [0, 0.05) is 18.7 Å². The Balaban J connectivity index is 3.06. The SMILES string of the molecule is CNC(OC)c1ccc(OC)cc1OC. The van der Waals surface area contributed by atoms with Crippen LogP contribution in [0.5, 0.6) is 11.5 Å². The Bertz CT molecular complexity index is 311. The topological polar surface area (TPSA) is 39.7 Å². The van der Waals surface area contributed by atoms with Crippen LogP contribution in [-0.4, -0.2) is 28.4 Å². The second-order valence-corrected chi connectivity index (χ2v) is 3.01. The van der Waals surface area contributed by atoms with Gasteiger partial charge < -0.3 is 14.2 Å². The highest BCUT2D eigenvalue weighted by Gasteiger charge is 2.13. The monoisotopic (exact) mass is 211 g/mol. The quantitative estimate of drug-likeness (QED) is 0.750. The Morgan fingerprint density at radius 1 is 1.13 bits per heavy atom. The number of ether oxygens (including phenoxy) is 3. The molecule has 1 aromatic carbocycles. The van der Waals surface area contributed by atoms with Crippen LogP contribution in [0.25, 0.3) is 0 Å². The van der Waals surface area contributed by atoms with Gasteiger partial charge in [0.2, 0.25) is 0 Å². The summed E-state index contributed by atoms with van der Waals surface area (Å²) in [5.74, 6) is 1.51. The predicted molar refractivity (Wildman–Crippen MR) is 58.4 cm³/mol. The van der Waals surface area contributed by atoms with Crippen molar-refractivity contribution in [3.63, 3.8) is 0 Å². The first-order chi connectivity index (χ1) is 7.26. The maximum Gasteiger partial charge on any atom is 0.137 e. The molecule has 1 aromatic rings. The first kappa shape index (κ1) is 11.8. The third kappa shape index (κ3) is 2.61. The van der Waals surface area contributed by atoms with Gasteiger partial charge in [-0.1, -0.05) is 0 Å². The second-order valence-electron chi connectivity index (χ2n) is 3.01. The van der Waals surface area contributed by atoms with Gasteiger partial charge in [-0.05, 0) is 19.2 Å². The maximum atomic E-state index is 5.27. The largest absolute Gasteiger partial charge is 0.497 e. The average Bonchev–Trinajstić information content (AvgIpc) is 2.31. The molecule has 84 valence electrons. The molecule has 0 aliphatic carbocycles. The van der Waals surface area contributed by atoms with Crippen molar-refractivity contribution in [2.75, 3.05) is 28.4 Å². The highest BCUT2D eigenvalue weighted by atomic mass is 16.5. The summed E-state index contributed by atoms with van der Waals surface area (Å²) in [5, 5.41) is 3.04. The number of benzene rings is 1. The Morgan fingerprint density at radius 2 is 1.87 bits per heavy atom. The van der Waals surface area contributed by atoms with Crippen LogP contribution in [0.1, 0.15) is 11.8 Å². The van der Waals surface area contributed by atoms with Gasteiger partial charge >= 0.3 is 0 Å². The highest BCUT2D eigenvalue weighted by molar-refractivity contribution is 5.41. The minimum atomic E-state index is -0.175. The molecule has 1 unspecified atom stereocenters. The number of methoxy groups -OCH3 is 3. The summed E-state index contributed by atoms with van der Waals surface area (Å²) < 4.78 is 15.7. The smallest absolute Gasteiger partial charge is 0.137 e. The van der Waals surface area contributed by atoms with E-state index in [1.165, 1.54) is 0 Å². The van der Waals surface area contributed by atoms with Gasteiger partial charge in [-0.2, -0.15) is 0 Å². The first-order valence-electron chi connectivity index (χ1n) is 4.68. The number of rotatable bonds is 5. The van der Waals surface area contributed by atoms with Crippen LogP contribution < -0.4 is 14.8 Å². The van der Waals surface area contributed by atoms with Crippen molar-refractivity contribution in [2.24, 2.45) is 0 Å². The molecule has 1 N–H and O–H groups in total. The Labute approximate surface area is 90.1 Å². The molecule has 0 radical (unpaired) electrons. The molecule has 0 fully saturated rings. The zero-order valence-electron chi connectivity index (χ0n) is 9.53. The average molecular weight is 211 g/mol. The fourth-order valence-electron chi connectivity index (χ4n) is 1.44. The third-order valence-corrected chi connectivity index (χ3v) is 2.22. The molecule has 0 spiro atoms. The van der Waals surface area contributed by atoms with Crippen molar-refractivity contribution in [3.8, 4) is 11.5 Å². The lowest BCUT2D eigenvalue weighted by molar-refractivity contribution is 0.0786. The summed E-state index contributed by atoms with van der Waals surface area (Å²) in [6.07, 6.45) is -0.175. The van der Waals surface area contributed by atoms with E-state index in [9.17, 15) is 0 Å². The Morgan fingerprint density at radius 3 is 2.33 bits per heavy atom. The van der Waals surface area contributed by atoms with Crippen LogP contribution in [0.4, 0.5) is 0 Å². The molecule has 15 heavy (non-hydrogen) atoms. The summed E-state index contributed by atoms with van der Waals surface area (Å²) in [4.78, 5) is 0. The molecule has 0 aliphatic rings. The second kappa shape index (κ2) is 5.58. The Hall–Kier alpha value is -1.26. The van der Waals surface area contributed by atoms with E-state index in [1.807, 2.05) is 25.2 Å². The number of hydrogen-bond donors (Lipinski definition) is 1. The minimum absolute atomic E-state index is 0.175. The predicted octanol–water partition coefficient (Wildman–Crippen LogP) is 1.57. The molecule has 0 bridgehead atoms. The molecule has 1 atom stereocenters. The highest BCUT2D eigenvalue weighted by Crippen LogP contribution is 2.29. The summed E-state index contributed by atoms with van der Waals surface area (Å²) in [5.41, 5.74) is 0.948. The maximum absolute atomic E-state index is 5.27. The van der Waals surface area contributed by atoms with E-state index in [-0.39, 0.29) is 6.23 Å². The number of hydrogen-bond acceptors (Lipinski definition) is 4. The van der Waals surface area contributed by atoms with Crippen LogP contribution in [-0.2, 0) is 4.74 Å². The molecule has 1 rings (SSSR count). The molecule has 0 heterocycles. The van der Waals surface area contributed by atoms with Crippen LogP contribution >= 0.6 is 0 Å². The van der Waals surface area contributed by atoms with E-state index in [4.69, 9.17) is 14.2 Å². The summed E-state index contributed by atoms with van der Waals surface area (Å²) in [6.45, 7) is 0. The zero-order valence-corrected chi connectivity index (χ0v) is 9.53. The van der Waals surface area contributed by atoms with Gasteiger partial charge in [0.25, 0.3) is 0 Å². The molecule has 0 saturated heterocycles. The molecule has 0 amide bonds. The Kier molecular flexibility index (Phi) is 4.39. The molecule has 0 aliphatic heterocycles. The van der Waals surface area contributed by atoms with E-state index in [0.29, 0.717) is 0 Å². The van der Waals surface area contributed by atoms with Gasteiger partial charge in [0.1, 0.15) is 17.7 Å². The van der Waals surface area contributed by atoms with E-state index in [1.54, 1.807) is 21.3 Å². The first-order valence-corrected chi connectivity index (χ1v) is 4.68. The molecule has 4 nitrogen and oxygen atoms in total. The molecule has 0 saturated carbocycles. The van der Waals surface area contributed by atoms with Gasteiger partial charge in [0.05, 0.1) is 14.2 Å². The lowest BCUT2D eigenvalue weighted by atomic mass is 10.1. The van der Waals surface area contributed by atoms with Crippen molar-refractivity contribution in [3.05, 3.63) is 23.8 Å². The summed E-state index contributed by atoms with van der Waals surface area (Å²) >= 11 is 0. The van der Waals surface area contributed by atoms with E-state index >= 15 is 0 Å². The zero-order chi connectivity index (χ0) is 11.3. The van der Waals surface area contributed by atoms with Crippen molar-refractivity contribution in [1.29, 1.82) is 0 Å². The van der Waals surface area contributed by atoms with Crippen LogP contribution in [0.3, 0.4) is 0 Å². The van der Waals surface area contributed by atoms with E-state index < -0.39 is 0 Å². The van der Waals surface area contributed by atoms with Gasteiger partial charge in [-0.3, -0.25) is 5.32 Å². The third-order valence-electron chi connectivity index (χ3n) is 2.22. The molecule has 0 aromatic heterocycles.